The molecule has 0 bridgehead atoms. The van der Waals surface area contributed by atoms with E-state index in [2.05, 4.69) is 16.3 Å². The molecule has 0 aliphatic rings. The lowest BCUT2D eigenvalue weighted by Crippen LogP contribution is -1.83. The van der Waals surface area contributed by atoms with Crippen molar-refractivity contribution in [2.75, 3.05) is 12.8 Å². The number of hydrogen-bond acceptors (Lipinski definition) is 6. The third-order valence-corrected chi connectivity index (χ3v) is 3.00. The molecule has 6 heteroatoms. The van der Waals surface area contributed by atoms with Crippen LogP contribution in [-0.2, 0) is 0 Å². The molecule has 0 aliphatic heterocycles. The van der Waals surface area contributed by atoms with Crippen molar-refractivity contribution in [3.8, 4) is 11.8 Å². The Bertz CT molecular complexity index is 610. The highest BCUT2D eigenvalue weighted by Gasteiger charge is 2.07. The van der Waals surface area contributed by atoms with Crippen LogP contribution >= 0.6 is 11.3 Å². The van der Waals surface area contributed by atoms with Gasteiger partial charge in [0.1, 0.15) is 11.8 Å². The maximum Gasteiger partial charge on any atom is 0.203 e. The molecule has 0 saturated carbocycles. The summed E-state index contributed by atoms with van der Waals surface area (Å²) in [5.74, 6) is 0.769. The average Bonchev–Trinajstić information content (AvgIpc) is 2.83. The highest BCUT2D eigenvalue weighted by atomic mass is 32.1. The summed E-state index contributed by atoms with van der Waals surface area (Å²) in [7, 11) is 1.61. The summed E-state index contributed by atoms with van der Waals surface area (Å²) in [6.07, 6.45) is 1.74. The minimum Gasteiger partial charge on any atom is -0.497 e. The maximum atomic E-state index is 9.11. The van der Waals surface area contributed by atoms with Crippen molar-refractivity contribution < 1.29 is 4.74 Å². The SMILES string of the molecule is COc1ccc(C=C(C#N)c2nnc(N)s2)cc1. The molecule has 90 valence electrons. The minimum absolute atomic E-state index is 0.348. The molecular weight excluding hydrogens is 248 g/mol. The number of hydrogen-bond donors (Lipinski definition) is 1. The summed E-state index contributed by atoms with van der Waals surface area (Å²) >= 11 is 1.19. The summed E-state index contributed by atoms with van der Waals surface area (Å²) < 4.78 is 5.07. The van der Waals surface area contributed by atoms with E-state index in [-0.39, 0.29) is 0 Å². The van der Waals surface area contributed by atoms with Gasteiger partial charge in [-0.05, 0) is 23.8 Å². The van der Waals surface area contributed by atoms with Gasteiger partial charge < -0.3 is 10.5 Å². The molecule has 18 heavy (non-hydrogen) atoms. The zero-order valence-electron chi connectivity index (χ0n) is 9.62. The Kier molecular flexibility index (Phi) is 3.55. The van der Waals surface area contributed by atoms with Gasteiger partial charge in [0.25, 0.3) is 0 Å². The number of nitrogen functional groups attached to an aromatic ring is 1. The van der Waals surface area contributed by atoms with Gasteiger partial charge in [-0.1, -0.05) is 23.5 Å². The van der Waals surface area contributed by atoms with Crippen LogP contribution < -0.4 is 10.5 Å². The highest BCUT2D eigenvalue weighted by Crippen LogP contribution is 2.23. The largest absolute Gasteiger partial charge is 0.497 e. The standard InChI is InChI=1S/C12H10N4OS/c1-17-10-4-2-8(3-5-10)6-9(7-13)11-15-16-12(14)18-11/h2-6H,1H3,(H2,14,16). The minimum atomic E-state index is 0.348. The van der Waals surface area contributed by atoms with E-state index >= 15 is 0 Å². The van der Waals surface area contributed by atoms with Crippen molar-refractivity contribution in [2.45, 2.75) is 0 Å². The Morgan fingerprint density at radius 3 is 2.61 bits per heavy atom. The predicted octanol–water partition coefficient (Wildman–Crippen LogP) is 2.19. The maximum absolute atomic E-state index is 9.11. The Hall–Kier alpha value is -2.39. The third kappa shape index (κ3) is 2.64. The Balaban J connectivity index is 2.32. The molecule has 1 aromatic carbocycles. The normalized spacial score (nSPS) is 11.0. The molecular formula is C12H10N4OS. The third-order valence-electron chi connectivity index (χ3n) is 2.22. The van der Waals surface area contributed by atoms with Crippen LogP contribution in [0.25, 0.3) is 11.6 Å². The van der Waals surface area contributed by atoms with Gasteiger partial charge in [0.2, 0.25) is 5.13 Å². The van der Waals surface area contributed by atoms with Gasteiger partial charge in [-0.2, -0.15) is 5.26 Å². The molecule has 0 unspecified atom stereocenters. The molecule has 0 aliphatic carbocycles. The summed E-state index contributed by atoms with van der Waals surface area (Å²) in [6.45, 7) is 0. The number of aromatic nitrogens is 2. The fraction of sp³-hybridized carbons (Fsp3) is 0.0833. The molecule has 0 radical (unpaired) electrons. The number of nitrogens with zero attached hydrogens (tertiary/aromatic N) is 3. The van der Waals surface area contributed by atoms with Gasteiger partial charge in [0.05, 0.1) is 12.7 Å². The lowest BCUT2D eigenvalue weighted by atomic mass is 10.1. The topological polar surface area (TPSA) is 84.8 Å². The molecule has 0 amide bonds. The molecule has 0 atom stereocenters. The Labute approximate surface area is 108 Å². The second-order valence-electron chi connectivity index (χ2n) is 3.39. The molecule has 2 rings (SSSR count). The lowest BCUT2D eigenvalue weighted by Gasteiger charge is -1.99. The monoisotopic (exact) mass is 258 g/mol. The second kappa shape index (κ2) is 5.29. The number of anilines is 1. The number of allylic oxidation sites excluding steroid dienone is 1. The Morgan fingerprint density at radius 2 is 2.11 bits per heavy atom. The first-order valence-corrected chi connectivity index (χ1v) is 5.90. The zero-order valence-corrected chi connectivity index (χ0v) is 10.4. The quantitative estimate of drug-likeness (QED) is 0.853. The Morgan fingerprint density at radius 1 is 1.39 bits per heavy atom. The van der Waals surface area contributed by atoms with Gasteiger partial charge in [-0.15, -0.1) is 10.2 Å². The summed E-state index contributed by atoms with van der Waals surface area (Å²) in [5, 5.41) is 17.5. The molecule has 5 nitrogen and oxygen atoms in total. The number of ether oxygens (including phenoxy) is 1. The highest BCUT2D eigenvalue weighted by molar-refractivity contribution is 7.16. The average molecular weight is 258 g/mol. The van der Waals surface area contributed by atoms with Crippen LogP contribution in [0.3, 0.4) is 0 Å². The molecule has 0 saturated heterocycles. The molecule has 1 heterocycles. The molecule has 1 aromatic heterocycles. The van der Waals surface area contributed by atoms with Crippen molar-refractivity contribution >= 4 is 28.1 Å². The van der Waals surface area contributed by atoms with Crippen LogP contribution in [0.5, 0.6) is 5.75 Å². The van der Waals surface area contributed by atoms with Gasteiger partial charge in [0.15, 0.2) is 5.01 Å². The van der Waals surface area contributed by atoms with Gasteiger partial charge in [-0.25, -0.2) is 0 Å². The molecule has 0 fully saturated rings. The van der Waals surface area contributed by atoms with E-state index in [4.69, 9.17) is 15.7 Å². The van der Waals surface area contributed by atoms with E-state index in [9.17, 15) is 0 Å². The first-order chi connectivity index (χ1) is 8.72. The first kappa shape index (κ1) is 12.1. The van der Waals surface area contributed by atoms with Crippen LogP contribution in [0.1, 0.15) is 10.6 Å². The van der Waals surface area contributed by atoms with E-state index in [0.29, 0.717) is 15.7 Å². The molecule has 2 aromatic rings. The summed E-state index contributed by atoms with van der Waals surface area (Å²) in [6, 6.07) is 9.47. The zero-order chi connectivity index (χ0) is 13.0. The van der Waals surface area contributed by atoms with Gasteiger partial charge >= 0.3 is 0 Å². The number of nitrogens with two attached hydrogens (primary N) is 1. The van der Waals surface area contributed by atoms with Crippen LogP contribution in [0.4, 0.5) is 5.13 Å². The van der Waals surface area contributed by atoms with Crippen LogP contribution in [0.15, 0.2) is 24.3 Å². The summed E-state index contributed by atoms with van der Waals surface area (Å²) in [4.78, 5) is 0. The van der Waals surface area contributed by atoms with E-state index in [1.54, 1.807) is 13.2 Å². The van der Waals surface area contributed by atoms with Crippen molar-refractivity contribution in [2.24, 2.45) is 0 Å². The second-order valence-corrected chi connectivity index (χ2v) is 4.40. The predicted molar refractivity (Wildman–Crippen MR) is 70.8 cm³/mol. The van der Waals surface area contributed by atoms with Gasteiger partial charge in [0, 0.05) is 0 Å². The smallest absolute Gasteiger partial charge is 0.203 e. The van der Waals surface area contributed by atoms with Crippen molar-refractivity contribution in [3.63, 3.8) is 0 Å². The van der Waals surface area contributed by atoms with Crippen LogP contribution in [-0.4, -0.2) is 17.3 Å². The van der Waals surface area contributed by atoms with Gasteiger partial charge in [-0.3, -0.25) is 0 Å². The molecule has 0 spiro atoms. The number of benzene rings is 1. The first-order valence-electron chi connectivity index (χ1n) is 5.08. The molecule has 2 N–H and O–H groups in total. The van der Waals surface area contributed by atoms with Crippen LogP contribution in [0.2, 0.25) is 0 Å². The summed E-state index contributed by atoms with van der Waals surface area (Å²) in [5.41, 5.74) is 6.82. The number of nitriles is 1. The number of methoxy groups -OCH3 is 1. The van der Waals surface area contributed by atoms with E-state index in [1.165, 1.54) is 11.3 Å². The van der Waals surface area contributed by atoms with Crippen LogP contribution in [0, 0.1) is 11.3 Å². The lowest BCUT2D eigenvalue weighted by molar-refractivity contribution is 0.415. The van der Waals surface area contributed by atoms with E-state index in [0.717, 1.165) is 11.3 Å². The fourth-order valence-corrected chi connectivity index (χ4v) is 1.93. The number of rotatable bonds is 3. The fourth-order valence-electron chi connectivity index (χ4n) is 1.35. The van der Waals surface area contributed by atoms with E-state index < -0.39 is 0 Å². The van der Waals surface area contributed by atoms with Crippen molar-refractivity contribution in [1.29, 1.82) is 5.26 Å². The van der Waals surface area contributed by atoms with Crippen molar-refractivity contribution in [1.82, 2.24) is 10.2 Å². The van der Waals surface area contributed by atoms with Crippen molar-refractivity contribution in [3.05, 3.63) is 34.8 Å². The van der Waals surface area contributed by atoms with E-state index in [1.807, 2.05) is 24.3 Å².